The van der Waals surface area contributed by atoms with Gasteiger partial charge in [0.2, 0.25) is 5.91 Å². The minimum absolute atomic E-state index is 0.119. The zero-order chi connectivity index (χ0) is 11.7. The van der Waals surface area contributed by atoms with E-state index in [1.165, 1.54) is 6.92 Å². The van der Waals surface area contributed by atoms with Gasteiger partial charge in [0.15, 0.2) is 0 Å². The number of hydrogen-bond donors (Lipinski definition) is 3. The summed E-state index contributed by atoms with van der Waals surface area (Å²) in [6, 6.07) is 0. The lowest BCUT2D eigenvalue weighted by Crippen LogP contribution is -2.67. The van der Waals surface area contributed by atoms with E-state index in [1.54, 1.807) is 13.8 Å². The molecular weight excluding hydrogens is 198 g/mol. The van der Waals surface area contributed by atoms with Gasteiger partial charge in [-0.2, -0.15) is 0 Å². The van der Waals surface area contributed by atoms with Gasteiger partial charge in [0.25, 0.3) is 0 Å². The molecule has 1 fully saturated rings. The molecule has 15 heavy (non-hydrogen) atoms. The van der Waals surface area contributed by atoms with E-state index in [1.807, 2.05) is 0 Å². The van der Waals surface area contributed by atoms with Crippen molar-refractivity contribution in [2.45, 2.75) is 44.4 Å². The molecular formula is C10H19NO4. The molecule has 5 nitrogen and oxygen atoms in total. The van der Waals surface area contributed by atoms with Crippen LogP contribution in [0.1, 0.15) is 27.2 Å². The zero-order valence-electron chi connectivity index (χ0n) is 9.41. The first-order chi connectivity index (χ1) is 6.81. The van der Waals surface area contributed by atoms with Crippen molar-refractivity contribution in [3.63, 3.8) is 0 Å². The molecule has 3 unspecified atom stereocenters. The Hall–Kier alpha value is -0.650. The average Bonchev–Trinajstić information content (AvgIpc) is 2.09. The van der Waals surface area contributed by atoms with Crippen molar-refractivity contribution in [1.29, 1.82) is 0 Å². The predicted octanol–water partition coefficient (Wildman–Crippen LogP) is -0.587. The third kappa shape index (κ3) is 2.48. The average molecular weight is 217 g/mol. The van der Waals surface area contributed by atoms with Crippen LogP contribution in [0.2, 0.25) is 0 Å². The first-order valence-electron chi connectivity index (χ1n) is 5.04. The Morgan fingerprint density at radius 3 is 2.60 bits per heavy atom. The van der Waals surface area contributed by atoms with Crippen molar-refractivity contribution in [3.05, 3.63) is 0 Å². The fraction of sp³-hybridized carbons (Fsp3) is 0.900. The highest BCUT2D eigenvalue weighted by Gasteiger charge is 2.49. The molecule has 0 aromatic carbocycles. The summed E-state index contributed by atoms with van der Waals surface area (Å²) in [5.41, 5.74) is -1.88. The van der Waals surface area contributed by atoms with Crippen molar-refractivity contribution in [1.82, 2.24) is 5.32 Å². The summed E-state index contributed by atoms with van der Waals surface area (Å²) in [7, 11) is 0. The van der Waals surface area contributed by atoms with Crippen LogP contribution in [0, 0.1) is 0 Å². The summed E-state index contributed by atoms with van der Waals surface area (Å²) >= 11 is 0. The third-order valence-corrected chi connectivity index (χ3v) is 3.08. The maximum absolute atomic E-state index is 11.0. The summed E-state index contributed by atoms with van der Waals surface area (Å²) in [6.45, 7) is 4.87. The molecule has 3 N–H and O–H groups in total. The Labute approximate surface area is 89.4 Å². The fourth-order valence-electron chi connectivity index (χ4n) is 1.84. The Bertz CT molecular complexity index is 254. The number of rotatable bonds is 2. The van der Waals surface area contributed by atoms with Crippen LogP contribution in [0.25, 0.3) is 0 Å². The summed E-state index contributed by atoms with van der Waals surface area (Å²) in [5, 5.41) is 21.9. The van der Waals surface area contributed by atoms with Crippen LogP contribution in [0.3, 0.4) is 0 Å². The summed E-state index contributed by atoms with van der Waals surface area (Å²) in [6.07, 6.45) is -0.0536. The van der Waals surface area contributed by atoms with E-state index >= 15 is 0 Å². The molecule has 1 aliphatic heterocycles. The van der Waals surface area contributed by atoms with Crippen molar-refractivity contribution in [2.24, 2.45) is 0 Å². The molecule has 0 aromatic rings. The van der Waals surface area contributed by atoms with E-state index < -0.39 is 11.1 Å². The number of carbonyl (C=O) groups is 1. The number of aliphatic hydroxyl groups is 2. The van der Waals surface area contributed by atoms with Crippen LogP contribution >= 0.6 is 0 Å². The van der Waals surface area contributed by atoms with E-state index in [0.29, 0.717) is 6.42 Å². The Morgan fingerprint density at radius 1 is 1.60 bits per heavy atom. The SMILES string of the molecule is CC(=O)NC1(C)COC(CO)CC1(C)O. The number of carbonyl (C=O) groups excluding carboxylic acids is 1. The maximum Gasteiger partial charge on any atom is 0.217 e. The van der Waals surface area contributed by atoms with Gasteiger partial charge in [-0.25, -0.2) is 0 Å². The van der Waals surface area contributed by atoms with Gasteiger partial charge < -0.3 is 20.3 Å². The van der Waals surface area contributed by atoms with E-state index in [0.717, 1.165) is 0 Å². The van der Waals surface area contributed by atoms with Crippen molar-refractivity contribution in [3.8, 4) is 0 Å². The Morgan fingerprint density at radius 2 is 2.20 bits per heavy atom. The van der Waals surface area contributed by atoms with Gasteiger partial charge in [0.05, 0.1) is 30.5 Å². The first-order valence-corrected chi connectivity index (χ1v) is 5.04. The highest BCUT2D eigenvalue weighted by atomic mass is 16.5. The maximum atomic E-state index is 11.0. The molecule has 0 radical (unpaired) electrons. The summed E-state index contributed by atoms with van der Waals surface area (Å²) in [4.78, 5) is 11.0. The van der Waals surface area contributed by atoms with Crippen molar-refractivity contribution >= 4 is 5.91 Å². The van der Waals surface area contributed by atoms with Crippen molar-refractivity contribution in [2.75, 3.05) is 13.2 Å². The lowest BCUT2D eigenvalue weighted by molar-refractivity contribution is -0.168. The molecule has 1 heterocycles. The molecule has 3 atom stereocenters. The lowest BCUT2D eigenvalue weighted by Gasteiger charge is -2.48. The number of amides is 1. The van der Waals surface area contributed by atoms with Crippen LogP contribution in [-0.2, 0) is 9.53 Å². The van der Waals surface area contributed by atoms with Gasteiger partial charge in [-0.3, -0.25) is 4.79 Å². The van der Waals surface area contributed by atoms with E-state index in [4.69, 9.17) is 9.84 Å². The van der Waals surface area contributed by atoms with E-state index in [2.05, 4.69) is 5.32 Å². The number of hydrogen-bond acceptors (Lipinski definition) is 4. The molecule has 0 aliphatic carbocycles. The Kier molecular flexibility index (Phi) is 3.38. The van der Waals surface area contributed by atoms with E-state index in [9.17, 15) is 9.90 Å². The minimum Gasteiger partial charge on any atom is -0.394 e. The highest BCUT2D eigenvalue weighted by molar-refractivity contribution is 5.74. The smallest absolute Gasteiger partial charge is 0.217 e. The molecule has 0 aromatic heterocycles. The Balaban J connectivity index is 2.78. The largest absolute Gasteiger partial charge is 0.394 e. The second-order valence-electron chi connectivity index (χ2n) is 4.61. The van der Waals surface area contributed by atoms with Gasteiger partial charge >= 0.3 is 0 Å². The van der Waals surface area contributed by atoms with Gasteiger partial charge in [0, 0.05) is 13.3 Å². The second-order valence-corrected chi connectivity index (χ2v) is 4.61. The monoisotopic (exact) mass is 217 g/mol. The quantitative estimate of drug-likeness (QED) is 0.578. The normalized spacial score (nSPS) is 41.3. The van der Waals surface area contributed by atoms with Gasteiger partial charge in [-0.15, -0.1) is 0 Å². The topological polar surface area (TPSA) is 78.8 Å². The number of aliphatic hydroxyl groups excluding tert-OH is 1. The molecule has 1 amide bonds. The highest BCUT2D eigenvalue weighted by Crippen LogP contribution is 2.32. The molecule has 88 valence electrons. The van der Waals surface area contributed by atoms with Crippen LogP contribution in [0.5, 0.6) is 0 Å². The zero-order valence-corrected chi connectivity index (χ0v) is 9.41. The third-order valence-electron chi connectivity index (χ3n) is 3.08. The van der Waals surface area contributed by atoms with Gasteiger partial charge in [0.1, 0.15) is 0 Å². The molecule has 5 heteroatoms. The number of nitrogens with one attached hydrogen (secondary N) is 1. The fourth-order valence-corrected chi connectivity index (χ4v) is 1.84. The molecule has 1 rings (SSSR count). The number of ether oxygens (including phenoxy) is 1. The van der Waals surface area contributed by atoms with E-state index in [-0.39, 0.29) is 25.2 Å². The van der Waals surface area contributed by atoms with Crippen molar-refractivity contribution < 1.29 is 19.7 Å². The summed E-state index contributed by atoms with van der Waals surface area (Å²) in [5.74, 6) is -0.205. The molecule has 1 aliphatic rings. The second kappa shape index (κ2) is 4.08. The standard InChI is InChI=1S/C10H19NO4/c1-7(13)11-9(2)6-15-8(5-12)4-10(9,3)14/h8,12,14H,4-6H2,1-3H3,(H,11,13). The summed E-state index contributed by atoms with van der Waals surface area (Å²) < 4.78 is 5.35. The molecule has 0 spiro atoms. The first kappa shape index (κ1) is 12.4. The van der Waals surface area contributed by atoms with Gasteiger partial charge in [-0.1, -0.05) is 0 Å². The van der Waals surface area contributed by atoms with Crippen LogP contribution < -0.4 is 5.32 Å². The van der Waals surface area contributed by atoms with Gasteiger partial charge in [-0.05, 0) is 13.8 Å². The lowest BCUT2D eigenvalue weighted by atomic mass is 9.77. The molecule has 1 saturated heterocycles. The van der Waals surface area contributed by atoms with Crippen LogP contribution in [-0.4, -0.2) is 46.6 Å². The molecule has 0 bridgehead atoms. The van der Waals surface area contributed by atoms with Crippen LogP contribution in [0.4, 0.5) is 0 Å². The minimum atomic E-state index is -1.08. The molecule has 0 saturated carbocycles. The predicted molar refractivity (Wildman–Crippen MR) is 54.3 cm³/mol. The van der Waals surface area contributed by atoms with Crippen LogP contribution in [0.15, 0.2) is 0 Å².